The lowest BCUT2D eigenvalue weighted by molar-refractivity contribution is -0.384. The Bertz CT molecular complexity index is 766. The fraction of sp³-hybridized carbons (Fsp3) is 0.562. The number of hydrogen-bond donors (Lipinski definition) is 1. The van der Waals surface area contributed by atoms with Gasteiger partial charge in [0.2, 0.25) is 0 Å². The van der Waals surface area contributed by atoms with Crippen molar-refractivity contribution in [3.8, 4) is 0 Å². The van der Waals surface area contributed by atoms with Gasteiger partial charge in [0.25, 0.3) is 5.69 Å². The highest BCUT2D eigenvalue weighted by Crippen LogP contribution is 2.67. The third-order valence-corrected chi connectivity index (χ3v) is 7.82. The van der Waals surface area contributed by atoms with Crippen LogP contribution in [0.25, 0.3) is 0 Å². The van der Waals surface area contributed by atoms with E-state index < -0.39 is 18.6 Å². The van der Waals surface area contributed by atoms with Gasteiger partial charge in [-0.2, -0.15) is 0 Å². The Balaban J connectivity index is 1.62. The van der Waals surface area contributed by atoms with Crippen molar-refractivity contribution in [1.29, 1.82) is 0 Å². The summed E-state index contributed by atoms with van der Waals surface area (Å²) in [5, 5.41) is 13.2. The van der Waals surface area contributed by atoms with Crippen LogP contribution < -0.4 is 5.09 Å². The number of nitro groups is 1. The van der Waals surface area contributed by atoms with Gasteiger partial charge in [0.1, 0.15) is 6.61 Å². The van der Waals surface area contributed by atoms with Gasteiger partial charge in [-0.15, -0.1) is 0 Å². The second kappa shape index (κ2) is 6.04. The predicted octanol–water partition coefficient (Wildman–Crippen LogP) is 3.12. The Labute approximate surface area is 152 Å². The molecule has 2 unspecified atom stereocenters. The molecule has 0 aromatic heterocycles. The van der Waals surface area contributed by atoms with Crippen molar-refractivity contribution in [3.63, 3.8) is 0 Å². The first-order valence-electron chi connectivity index (χ1n) is 8.30. The van der Waals surface area contributed by atoms with Crippen molar-refractivity contribution >= 4 is 19.4 Å². The van der Waals surface area contributed by atoms with Crippen LogP contribution in [0.1, 0.15) is 33.3 Å². The summed E-state index contributed by atoms with van der Waals surface area (Å²) in [4.78, 5) is 22.4. The minimum absolute atomic E-state index is 0.0322. The van der Waals surface area contributed by atoms with Crippen molar-refractivity contribution in [2.45, 2.75) is 45.4 Å². The Kier molecular flexibility index (Phi) is 4.37. The molecule has 2 saturated heterocycles. The van der Waals surface area contributed by atoms with Gasteiger partial charge < -0.3 is 4.74 Å². The molecule has 0 aliphatic carbocycles. The Morgan fingerprint density at radius 3 is 2.04 bits per heavy atom. The summed E-state index contributed by atoms with van der Waals surface area (Å²) >= 11 is 0. The number of rotatable bonds is 6. The van der Waals surface area contributed by atoms with Gasteiger partial charge >= 0.3 is 13.7 Å². The largest absolute Gasteiger partial charge is 0.444 e. The van der Waals surface area contributed by atoms with Crippen LogP contribution in [-0.4, -0.2) is 44.5 Å². The number of nitro benzene ring substituents is 1. The molecule has 0 radical (unpaired) electrons. The van der Waals surface area contributed by atoms with E-state index in [-0.39, 0.29) is 23.4 Å². The van der Waals surface area contributed by atoms with Gasteiger partial charge in [-0.05, 0) is 45.4 Å². The van der Waals surface area contributed by atoms with E-state index in [1.54, 1.807) is 9.34 Å². The normalized spacial score (nSPS) is 27.1. The van der Waals surface area contributed by atoms with Crippen LogP contribution in [0.3, 0.4) is 0 Å². The molecule has 1 amide bonds. The van der Waals surface area contributed by atoms with Crippen LogP contribution in [-0.2, 0) is 15.9 Å². The van der Waals surface area contributed by atoms with Crippen molar-refractivity contribution in [2.24, 2.45) is 0 Å². The molecule has 1 aromatic carbocycles. The molecule has 3 rings (SSSR count). The highest BCUT2D eigenvalue weighted by Gasteiger charge is 2.65. The van der Waals surface area contributed by atoms with Crippen LogP contribution in [0.4, 0.5) is 10.5 Å². The molecular formula is C16H23N4O5P. The Morgan fingerprint density at radius 1 is 1.19 bits per heavy atom. The average molecular weight is 382 g/mol. The third kappa shape index (κ3) is 3.60. The van der Waals surface area contributed by atoms with E-state index in [0.717, 1.165) is 0 Å². The number of ether oxygens (including phenoxy) is 1. The van der Waals surface area contributed by atoms with Gasteiger partial charge in [0.15, 0.2) is 0 Å². The monoisotopic (exact) mass is 382 g/mol. The second-order valence-corrected chi connectivity index (χ2v) is 10.2. The van der Waals surface area contributed by atoms with Gasteiger partial charge in [-0.3, -0.25) is 14.7 Å². The van der Waals surface area contributed by atoms with E-state index in [1.165, 1.54) is 24.3 Å². The average Bonchev–Trinajstić information content (AvgIpc) is 3.40. The van der Waals surface area contributed by atoms with Crippen molar-refractivity contribution in [3.05, 3.63) is 39.9 Å². The van der Waals surface area contributed by atoms with Crippen LogP contribution in [0.2, 0.25) is 0 Å². The second-order valence-electron chi connectivity index (χ2n) is 7.90. The maximum Gasteiger partial charge on any atom is 0.414 e. The topological polar surface area (TPSA) is 105 Å². The van der Waals surface area contributed by atoms with E-state index in [4.69, 9.17) is 4.74 Å². The third-order valence-electron chi connectivity index (χ3n) is 4.67. The Hall–Kier alpha value is -1.96. The number of non-ortho nitro benzene ring substituents is 1. The molecule has 2 aliphatic heterocycles. The smallest absolute Gasteiger partial charge is 0.414 e. The lowest BCUT2D eigenvalue weighted by Crippen LogP contribution is -2.31. The van der Waals surface area contributed by atoms with E-state index >= 15 is 0 Å². The van der Waals surface area contributed by atoms with Crippen molar-refractivity contribution in [1.82, 2.24) is 14.4 Å². The van der Waals surface area contributed by atoms with Crippen LogP contribution in [0.5, 0.6) is 0 Å². The summed E-state index contributed by atoms with van der Waals surface area (Å²) in [6.07, 6.45) is -0.767. The number of carbonyl (C=O) groups is 1. The molecule has 2 aliphatic rings. The minimum Gasteiger partial charge on any atom is -0.444 e. The molecule has 0 spiro atoms. The van der Waals surface area contributed by atoms with Gasteiger partial charge in [-0.25, -0.2) is 19.2 Å². The molecular weight excluding hydrogens is 359 g/mol. The minimum atomic E-state index is -3.23. The van der Waals surface area contributed by atoms with Gasteiger partial charge in [0, 0.05) is 36.3 Å². The first kappa shape index (κ1) is 18.8. The van der Waals surface area contributed by atoms with E-state index in [9.17, 15) is 19.5 Å². The number of nitrogens with one attached hydrogen (secondary N) is 1. The standard InChI is InChI=1S/C16H23N4O5P/c1-15(2)10-18(15)26(24,19-11-16(19,3)4)17-14(21)25-9-12-5-7-13(8-6-12)20(22)23/h5-8H,9-11H2,1-4H3,(H,17,21,24). The van der Waals surface area contributed by atoms with Gasteiger partial charge in [0.05, 0.1) is 4.92 Å². The molecule has 26 heavy (non-hydrogen) atoms. The molecule has 0 saturated carbocycles. The summed E-state index contributed by atoms with van der Waals surface area (Å²) in [6.45, 7) is 9.11. The van der Waals surface area contributed by atoms with E-state index in [1.807, 2.05) is 27.7 Å². The maximum atomic E-state index is 13.5. The molecule has 2 atom stereocenters. The molecule has 1 aromatic rings. The summed E-state index contributed by atoms with van der Waals surface area (Å²) in [6, 6.07) is 5.73. The fourth-order valence-electron chi connectivity index (χ4n) is 2.85. The fourth-order valence-corrected chi connectivity index (χ4v) is 6.20. The van der Waals surface area contributed by atoms with Crippen molar-refractivity contribution < 1.29 is 19.0 Å². The molecule has 142 valence electrons. The van der Waals surface area contributed by atoms with Gasteiger partial charge in [-0.1, -0.05) is 0 Å². The number of carbonyl (C=O) groups excluding carboxylic acids is 1. The molecule has 2 fully saturated rings. The van der Waals surface area contributed by atoms with E-state index in [2.05, 4.69) is 5.09 Å². The van der Waals surface area contributed by atoms with Crippen LogP contribution >= 0.6 is 7.59 Å². The Morgan fingerprint density at radius 2 is 1.65 bits per heavy atom. The summed E-state index contributed by atoms with van der Waals surface area (Å²) in [5.74, 6) is 0. The summed E-state index contributed by atoms with van der Waals surface area (Å²) < 4.78 is 22.2. The number of nitrogens with zero attached hydrogens (tertiary/aromatic N) is 3. The zero-order valence-electron chi connectivity index (χ0n) is 15.3. The predicted molar refractivity (Wildman–Crippen MR) is 95.6 cm³/mol. The highest BCUT2D eigenvalue weighted by atomic mass is 31.2. The summed E-state index contributed by atoms with van der Waals surface area (Å²) in [5.41, 5.74) is 0.134. The molecule has 1 N–H and O–H groups in total. The van der Waals surface area contributed by atoms with Crippen molar-refractivity contribution in [2.75, 3.05) is 13.1 Å². The number of hydrogen-bond acceptors (Lipinski definition) is 5. The SMILES string of the molecule is CC1(C)CN1P(=O)(NC(=O)OCc1ccc([N+](=O)[O-])cc1)N1CC1(C)C. The molecule has 0 bridgehead atoms. The number of benzene rings is 1. The lowest BCUT2D eigenvalue weighted by atomic mass is 10.2. The molecule has 9 nitrogen and oxygen atoms in total. The first-order valence-corrected chi connectivity index (χ1v) is 9.92. The maximum absolute atomic E-state index is 13.5. The lowest BCUT2D eigenvalue weighted by Gasteiger charge is -2.25. The highest BCUT2D eigenvalue weighted by molar-refractivity contribution is 7.58. The zero-order chi connectivity index (χ0) is 19.3. The van der Waals surface area contributed by atoms with Crippen LogP contribution in [0.15, 0.2) is 24.3 Å². The molecule has 2 heterocycles. The molecule has 10 heteroatoms. The van der Waals surface area contributed by atoms with Crippen LogP contribution in [0, 0.1) is 10.1 Å². The van der Waals surface area contributed by atoms with E-state index in [0.29, 0.717) is 18.7 Å². The summed E-state index contributed by atoms with van der Waals surface area (Å²) in [7, 11) is -3.23. The zero-order valence-corrected chi connectivity index (χ0v) is 16.2. The first-order chi connectivity index (χ1) is 12.0. The quantitative estimate of drug-likeness (QED) is 0.349. The number of amides is 1.